The fourth-order valence-electron chi connectivity index (χ4n) is 3.18. The number of hydrogen-bond acceptors (Lipinski definition) is 2. The summed E-state index contributed by atoms with van der Waals surface area (Å²) in [6.45, 7) is 7.86. The molecule has 1 aliphatic rings. The third-order valence-corrected chi connectivity index (χ3v) is 3.93. The molecule has 0 amide bonds. The van der Waals surface area contributed by atoms with Crippen LogP contribution in [0.1, 0.15) is 58.8 Å². The maximum absolute atomic E-state index is 6.02. The lowest BCUT2D eigenvalue weighted by atomic mass is 9.83. The van der Waals surface area contributed by atoms with Crippen LogP contribution in [0.25, 0.3) is 0 Å². The predicted molar refractivity (Wildman–Crippen MR) is 71.6 cm³/mol. The molecule has 1 saturated carbocycles. The predicted octanol–water partition coefficient (Wildman–Crippen LogP) is 3.02. The maximum Gasteiger partial charge on any atom is 0.0246 e. The van der Waals surface area contributed by atoms with Crippen LogP contribution < -0.4 is 5.73 Å². The van der Waals surface area contributed by atoms with E-state index in [1.807, 2.05) is 0 Å². The molecule has 0 spiro atoms. The Morgan fingerprint density at radius 2 is 1.62 bits per heavy atom. The monoisotopic (exact) mass is 226 g/mol. The Morgan fingerprint density at radius 3 is 2.06 bits per heavy atom. The lowest BCUT2D eigenvalue weighted by Gasteiger charge is -2.38. The Morgan fingerprint density at radius 1 is 1.06 bits per heavy atom. The van der Waals surface area contributed by atoms with Crippen LogP contribution in [0.3, 0.4) is 0 Å². The van der Waals surface area contributed by atoms with E-state index in [1.165, 1.54) is 58.0 Å². The van der Waals surface area contributed by atoms with E-state index in [0.717, 1.165) is 12.5 Å². The first-order chi connectivity index (χ1) is 7.83. The second-order valence-corrected chi connectivity index (χ2v) is 5.24. The summed E-state index contributed by atoms with van der Waals surface area (Å²) < 4.78 is 0. The SMILES string of the molecule is CCCN(CCC)C(CN)C1CCCCC1. The van der Waals surface area contributed by atoms with Gasteiger partial charge in [0.25, 0.3) is 0 Å². The van der Waals surface area contributed by atoms with E-state index in [4.69, 9.17) is 5.73 Å². The van der Waals surface area contributed by atoms with Crippen LogP contribution in [0, 0.1) is 5.92 Å². The highest BCUT2D eigenvalue weighted by Crippen LogP contribution is 2.28. The average molecular weight is 226 g/mol. The zero-order valence-corrected chi connectivity index (χ0v) is 11.3. The molecule has 1 fully saturated rings. The number of nitrogens with two attached hydrogens (primary N) is 1. The molecular weight excluding hydrogens is 196 g/mol. The highest BCUT2D eigenvalue weighted by Gasteiger charge is 2.26. The summed E-state index contributed by atoms with van der Waals surface area (Å²) in [5, 5.41) is 0. The van der Waals surface area contributed by atoms with Gasteiger partial charge in [-0.3, -0.25) is 4.90 Å². The van der Waals surface area contributed by atoms with Gasteiger partial charge in [-0.1, -0.05) is 33.1 Å². The van der Waals surface area contributed by atoms with Gasteiger partial charge in [0.1, 0.15) is 0 Å². The van der Waals surface area contributed by atoms with Crippen LogP contribution in [0.5, 0.6) is 0 Å². The molecule has 0 aromatic carbocycles. The van der Waals surface area contributed by atoms with Gasteiger partial charge in [0, 0.05) is 12.6 Å². The standard InChI is InChI=1S/C14H30N2/c1-3-10-16(11-4-2)14(12-15)13-8-6-5-7-9-13/h13-14H,3-12,15H2,1-2H3. The smallest absolute Gasteiger partial charge is 0.0246 e. The van der Waals surface area contributed by atoms with E-state index in [-0.39, 0.29) is 0 Å². The molecule has 1 rings (SSSR count). The van der Waals surface area contributed by atoms with E-state index >= 15 is 0 Å². The molecule has 0 aliphatic heterocycles. The highest BCUT2D eigenvalue weighted by molar-refractivity contribution is 4.82. The quantitative estimate of drug-likeness (QED) is 0.723. The van der Waals surface area contributed by atoms with Gasteiger partial charge >= 0.3 is 0 Å². The summed E-state index contributed by atoms with van der Waals surface area (Å²) in [4.78, 5) is 2.65. The molecule has 1 unspecified atom stereocenters. The fraction of sp³-hybridized carbons (Fsp3) is 1.00. The molecule has 2 nitrogen and oxygen atoms in total. The Labute approximate surface area is 102 Å². The lowest BCUT2D eigenvalue weighted by molar-refractivity contribution is 0.121. The van der Waals surface area contributed by atoms with Crippen molar-refractivity contribution in [3.63, 3.8) is 0 Å². The second-order valence-electron chi connectivity index (χ2n) is 5.24. The van der Waals surface area contributed by atoms with Crippen molar-refractivity contribution in [2.24, 2.45) is 11.7 Å². The third-order valence-electron chi connectivity index (χ3n) is 3.93. The van der Waals surface area contributed by atoms with Crippen molar-refractivity contribution in [1.29, 1.82) is 0 Å². The minimum absolute atomic E-state index is 0.653. The molecule has 1 atom stereocenters. The van der Waals surface area contributed by atoms with Crippen LogP contribution in [0.15, 0.2) is 0 Å². The second kappa shape index (κ2) is 8.08. The van der Waals surface area contributed by atoms with Crippen molar-refractivity contribution < 1.29 is 0 Å². The van der Waals surface area contributed by atoms with Gasteiger partial charge < -0.3 is 5.73 Å². The van der Waals surface area contributed by atoms with Gasteiger partial charge in [-0.2, -0.15) is 0 Å². The molecule has 96 valence electrons. The molecule has 0 saturated heterocycles. The molecule has 0 aromatic rings. The molecule has 0 aromatic heterocycles. The highest BCUT2D eigenvalue weighted by atomic mass is 15.2. The van der Waals surface area contributed by atoms with Crippen molar-refractivity contribution in [3.05, 3.63) is 0 Å². The molecule has 1 aliphatic carbocycles. The van der Waals surface area contributed by atoms with Crippen LogP contribution >= 0.6 is 0 Å². The van der Waals surface area contributed by atoms with E-state index in [1.54, 1.807) is 0 Å². The first kappa shape index (κ1) is 14.0. The van der Waals surface area contributed by atoms with Crippen LogP contribution in [0.4, 0.5) is 0 Å². The van der Waals surface area contributed by atoms with Crippen molar-refractivity contribution in [1.82, 2.24) is 4.90 Å². The lowest BCUT2D eigenvalue weighted by Crippen LogP contribution is -2.46. The molecule has 0 radical (unpaired) electrons. The molecule has 16 heavy (non-hydrogen) atoms. The Balaban J connectivity index is 2.52. The first-order valence-electron chi connectivity index (χ1n) is 7.27. The van der Waals surface area contributed by atoms with Crippen molar-refractivity contribution >= 4 is 0 Å². The van der Waals surface area contributed by atoms with E-state index in [9.17, 15) is 0 Å². The Bertz CT molecular complexity index is 158. The molecule has 2 heteroatoms. The van der Waals surface area contributed by atoms with E-state index in [0.29, 0.717) is 6.04 Å². The van der Waals surface area contributed by atoms with Gasteiger partial charge in [-0.15, -0.1) is 0 Å². The average Bonchev–Trinajstić information content (AvgIpc) is 2.32. The Kier molecular flexibility index (Phi) is 7.06. The summed E-state index contributed by atoms with van der Waals surface area (Å²) >= 11 is 0. The molecule has 0 bridgehead atoms. The van der Waals surface area contributed by atoms with Gasteiger partial charge in [-0.25, -0.2) is 0 Å². The normalized spacial score (nSPS) is 20.2. The zero-order chi connectivity index (χ0) is 11.8. The van der Waals surface area contributed by atoms with E-state index in [2.05, 4.69) is 18.7 Å². The summed E-state index contributed by atoms with van der Waals surface area (Å²) in [6, 6.07) is 0.653. The summed E-state index contributed by atoms with van der Waals surface area (Å²) in [5.41, 5.74) is 6.02. The summed E-state index contributed by atoms with van der Waals surface area (Å²) in [6.07, 6.45) is 9.61. The van der Waals surface area contributed by atoms with Gasteiger partial charge in [0.2, 0.25) is 0 Å². The first-order valence-corrected chi connectivity index (χ1v) is 7.27. The van der Waals surface area contributed by atoms with Gasteiger partial charge in [0.05, 0.1) is 0 Å². The number of nitrogens with zero attached hydrogens (tertiary/aromatic N) is 1. The van der Waals surface area contributed by atoms with Crippen molar-refractivity contribution in [3.8, 4) is 0 Å². The third kappa shape index (κ3) is 4.06. The van der Waals surface area contributed by atoms with Crippen LogP contribution in [0.2, 0.25) is 0 Å². The molecule has 0 heterocycles. The van der Waals surface area contributed by atoms with Gasteiger partial charge in [-0.05, 0) is 44.7 Å². The summed E-state index contributed by atoms with van der Waals surface area (Å²) in [7, 11) is 0. The minimum atomic E-state index is 0.653. The zero-order valence-electron chi connectivity index (χ0n) is 11.3. The topological polar surface area (TPSA) is 29.3 Å². The number of rotatable bonds is 7. The number of hydrogen-bond donors (Lipinski definition) is 1. The largest absolute Gasteiger partial charge is 0.329 e. The minimum Gasteiger partial charge on any atom is -0.329 e. The molecular formula is C14H30N2. The van der Waals surface area contributed by atoms with Crippen LogP contribution in [-0.2, 0) is 0 Å². The molecule has 2 N–H and O–H groups in total. The Hall–Kier alpha value is -0.0800. The maximum atomic E-state index is 6.02. The van der Waals surface area contributed by atoms with E-state index < -0.39 is 0 Å². The van der Waals surface area contributed by atoms with Crippen molar-refractivity contribution in [2.45, 2.75) is 64.8 Å². The summed E-state index contributed by atoms with van der Waals surface area (Å²) in [5.74, 6) is 0.872. The van der Waals surface area contributed by atoms with Crippen molar-refractivity contribution in [2.75, 3.05) is 19.6 Å². The fourth-order valence-corrected chi connectivity index (χ4v) is 3.18. The van der Waals surface area contributed by atoms with Gasteiger partial charge in [0.15, 0.2) is 0 Å². The van der Waals surface area contributed by atoms with Crippen LogP contribution in [-0.4, -0.2) is 30.6 Å².